The lowest BCUT2D eigenvalue weighted by Crippen LogP contribution is -1.96. The number of aryl methyl sites for hydroxylation is 1. The Bertz CT molecular complexity index is 508. The van der Waals surface area contributed by atoms with Crippen molar-refractivity contribution in [3.05, 3.63) is 47.0 Å². The van der Waals surface area contributed by atoms with Crippen LogP contribution in [0.15, 0.2) is 41.6 Å². The van der Waals surface area contributed by atoms with Crippen molar-refractivity contribution < 1.29 is 0 Å². The fourth-order valence-corrected chi connectivity index (χ4v) is 1.84. The molecule has 0 aliphatic heterocycles. The van der Waals surface area contributed by atoms with Crippen molar-refractivity contribution in [2.75, 3.05) is 6.54 Å². The minimum absolute atomic E-state index is 0.593. The van der Waals surface area contributed by atoms with Crippen LogP contribution in [0.4, 0.5) is 0 Å². The first-order chi connectivity index (χ1) is 7.92. The number of para-hydroxylation sites is 1. The van der Waals surface area contributed by atoms with Gasteiger partial charge in [0.1, 0.15) is 0 Å². The molecule has 2 aromatic rings. The van der Waals surface area contributed by atoms with Crippen molar-refractivity contribution in [2.24, 2.45) is 5.11 Å². The van der Waals surface area contributed by atoms with Gasteiger partial charge in [-0.05, 0) is 35.9 Å². The van der Waals surface area contributed by atoms with Crippen LogP contribution < -0.4 is 0 Å². The minimum atomic E-state index is 0.593. The number of aromatic nitrogens is 1. The molecule has 1 aromatic carbocycles. The molecular formula is C12H14N4. The van der Waals surface area contributed by atoms with E-state index in [0.29, 0.717) is 6.54 Å². The minimum Gasteiger partial charge on any atom is -0.347 e. The van der Waals surface area contributed by atoms with E-state index >= 15 is 0 Å². The average Bonchev–Trinajstić information content (AvgIpc) is 2.73. The third kappa shape index (κ3) is 2.35. The van der Waals surface area contributed by atoms with Gasteiger partial charge in [-0.1, -0.05) is 23.3 Å². The van der Waals surface area contributed by atoms with Gasteiger partial charge in [0.15, 0.2) is 0 Å². The van der Waals surface area contributed by atoms with Crippen LogP contribution in [0.2, 0.25) is 0 Å². The number of azide groups is 1. The Hall–Kier alpha value is -1.93. The van der Waals surface area contributed by atoms with E-state index in [2.05, 4.69) is 45.1 Å². The molecular weight excluding hydrogens is 200 g/mol. The van der Waals surface area contributed by atoms with Crippen LogP contribution in [0.25, 0.3) is 21.3 Å². The summed E-state index contributed by atoms with van der Waals surface area (Å²) in [5.74, 6) is 0. The molecule has 0 N–H and O–H groups in total. The van der Waals surface area contributed by atoms with Gasteiger partial charge >= 0.3 is 0 Å². The highest BCUT2D eigenvalue weighted by Gasteiger charge is 1.98. The van der Waals surface area contributed by atoms with Gasteiger partial charge in [-0.3, -0.25) is 0 Å². The molecule has 4 heteroatoms. The van der Waals surface area contributed by atoms with E-state index in [0.717, 1.165) is 19.4 Å². The first kappa shape index (κ1) is 10.6. The molecule has 0 amide bonds. The molecule has 82 valence electrons. The highest BCUT2D eigenvalue weighted by Crippen LogP contribution is 2.15. The maximum atomic E-state index is 8.14. The monoisotopic (exact) mass is 214 g/mol. The molecule has 0 saturated heterocycles. The van der Waals surface area contributed by atoms with E-state index in [9.17, 15) is 0 Å². The van der Waals surface area contributed by atoms with Crippen molar-refractivity contribution in [3.63, 3.8) is 0 Å². The topological polar surface area (TPSA) is 53.7 Å². The van der Waals surface area contributed by atoms with Gasteiger partial charge in [0.25, 0.3) is 0 Å². The van der Waals surface area contributed by atoms with Crippen LogP contribution in [0.3, 0.4) is 0 Å². The Morgan fingerprint density at radius 1 is 1.19 bits per heavy atom. The van der Waals surface area contributed by atoms with Crippen LogP contribution in [0.5, 0.6) is 0 Å². The van der Waals surface area contributed by atoms with Crippen molar-refractivity contribution in [1.82, 2.24) is 4.57 Å². The van der Waals surface area contributed by atoms with Crippen molar-refractivity contribution in [1.29, 1.82) is 0 Å². The van der Waals surface area contributed by atoms with Crippen molar-refractivity contribution in [3.8, 4) is 0 Å². The van der Waals surface area contributed by atoms with Crippen LogP contribution in [-0.4, -0.2) is 11.1 Å². The first-order valence-corrected chi connectivity index (χ1v) is 5.46. The standard InChI is InChI=1S/C12H14N4/c13-15-14-8-3-4-9-16-10-7-11-5-1-2-6-12(11)16/h1-2,5-7,10H,3-4,8-9H2. The largest absolute Gasteiger partial charge is 0.347 e. The average molecular weight is 214 g/mol. The van der Waals surface area contributed by atoms with Gasteiger partial charge in [0.2, 0.25) is 0 Å². The first-order valence-electron chi connectivity index (χ1n) is 5.46. The molecule has 0 saturated carbocycles. The summed E-state index contributed by atoms with van der Waals surface area (Å²) in [4.78, 5) is 2.74. The molecule has 0 bridgehead atoms. The molecule has 1 aromatic heterocycles. The lowest BCUT2D eigenvalue weighted by atomic mass is 10.2. The van der Waals surface area contributed by atoms with E-state index < -0.39 is 0 Å². The van der Waals surface area contributed by atoms with Crippen LogP contribution in [0, 0.1) is 0 Å². The smallest absolute Gasteiger partial charge is 0.0480 e. The predicted octanol–water partition coefficient (Wildman–Crippen LogP) is 3.73. The molecule has 2 rings (SSSR count). The van der Waals surface area contributed by atoms with Gasteiger partial charge in [0, 0.05) is 29.7 Å². The van der Waals surface area contributed by atoms with Crippen LogP contribution in [0.1, 0.15) is 12.8 Å². The fraction of sp³-hybridized carbons (Fsp3) is 0.333. The summed E-state index contributed by atoms with van der Waals surface area (Å²) >= 11 is 0. The number of hydrogen-bond donors (Lipinski definition) is 0. The summed E-state index contributed by atoms with van der Waals surface area (Å²) in [5.41, 5.74) is 9.41. The maximum Gasteiger partial charge on any atom is 0.0480 e. The summed E-state index contributed by atoms with van der Waals surface area (Å²) in [5, 5.41) is 4.80. The number of unbranched alkanes of at least 4 members (excludes halogenated alkanes) is 1. The Labute approximate surface area is 94.1 Å². The molecule has 0 spiro atoms. The number of rotatable bonds is 5. The quantitative estimate of drug-likeness (QED) is 0.315. The zero-order valence-corrected chi connectivity index (χ0v) is 9.08. The highest BCUT2D eigenvalue weighted by atomic mass is 15.1. The molecule has 4 nitrogen and oxygen atoms in total. The Morgan fingerprint density at radius 2 is 2.06 bits per heavy atom. The molecule has 0 aliphatic carbocycles. The number of benzene rings is 1. The van der Waals surface area contributed by atoms with Gasteiger partial charge < -0.3 is 4.57 Å². The van der Waals surface area contributed by atoms with E-state index in [1.807, 2.05) is 6.07 Å². The van der Waals surface area contributed by atoms with Gasteiger partial charge in [-0.25, -0.2) is 0 Å². The zero-order valence-electron chi connectivity index (χ0n) is 9.08. The molecule has 0 radical (unpaired) electrons. The van der Waals surface area contributed by atoms with Gasteiger partial charge in [-0.2, -0.15) is 0 Å². The van der Waals surface area contributed by atoms with Gasteiger partial charge in [-0.15, -0.1) is 0 Å². The van der Waals surface area contributed by atoms with Crippen LogP contribution >= 0.6 is 0 Å². The Morgan fingerprint density at radius 3 is 2.94 bits per heavy atom. The van der Waals surface area contributed by atoms with Crippen molar-refractivity contribution >= 4 is 10.9 Å². The number of fused-ring (bicyclic) bond motifs is 1. The lowest BCUT2D eigenvalue weighted by Gasteiger charge is -2.03. The molecule has 0 unspecified atom stereocenters. The second-order valence-electron chi connectivity index (χ2n) is 3.73. The SMILES string of the molecule is [N-]=[N+]=NCCCCn1ccc2ccccc21. The summed E-state index contributed by atoms with van der Waals surface area (Å²) in [7, 11) is 0. The van der Waals surface area contributed by atoms with E-state index in [1.165, 1.54) is 10.9 Å². The van der Waals surface area contributed by atoms with Crippen molar-refractivity contribution in [2.45, 2.75) is 19.4 Å². The highest BCUT2D eigenvalue weighted by molar-refractivity contribution is 5.79. The third-order valence-electron chi connectivity index (χ3n) is 2.65. The molecule has 0 fully saturated rings. The second kappa shape index (κ2) is 5.24. The van der Waals surface area contributed by atoms with E-state index in [1.54, 1.807) is 0 Å². The lowest BCUT2D eigenvalue weighted by molar-refractivity contribution is 0.630. The number of nitrogens with zero attached hydrogens (tertiary/aromatic N) is 4. The normalized spacial score (nSPS) is 10.2. The predicted molar refractivity (Wildman–Crippen MR) is 65.2 cm³/mol. The van der Waals surface area contributed by atoms with E-state index in [-0.39, 0.29) is 0 Å². The molecule has 16 heavy (non-hydrogen) atoms. The Kier molecular flexibility index (Phi) is 3.46. The fourth-order valence-electron chi connectivity index (χ4n) is 1.84. The third-order valence-corrected chi connectivity index (χ3v) is 2.65. The summed E-state index contributed by atoms with van der Waals surface area (Å²) in [6.07, 6.45) is 4.09. The number of hydrogen-bond acceptors (Lipinski definition) is 1. The van der Waals surface area contributed by atoms with Gasteiger partial charge in [0.05, 0.1) is 0 Å². The summed E-state index contributed by atoms with van der Waals surface area (Å²) < 4.78 is 2.24. The Balaban J connectivity index is 1.96. The molecule has 0 aliphatic rings. The molecule has 1 heterocycles. The summed E-state index contributed by atoms with van der Waals surface area (Å²) in [6, 6.07) is 10.5. The van der Waals surface area contributed by atoms with Crippen LogP contribution in [-0.2, 0) is 6.54 Å². The maximum absolute atomic E-state index is 8.14. The van der Waals surface area contributed by atoms with E-state index in [4.69, 9.17) is 5.53 Å². The second-order valence-corrected chi connectivity index (χ2v) is 3.73. The molecule has 0 atom stereocenters. The zero-order chi connectivity index (χ0) is 11.2. The summed E-state index contributed by atoms with van der Waals surface area (Å²) in [6.45, 7) is 1.57.